The third-order valence-electron chi connectivity index (χ3n) is 6.06. The molecular formula is C25H46NO6+. The van der Waals surface area contributed by atoms with Crippen molar-refractivity contribution >= 4 is 17.9 Å². The first-order valence-corrected chi connectivity index (χ1v) is 12.4. The number of rotatable bonds is 23. The van der Waals surface area contributed by atoms with Crippen LogP contribution in [0.25, 0.3) is 0 Å². The Hall–Kier alpha value is -1.89. The standard InChI is InChI=1S/C25H45NO6/c1-2-3-4-5-6-7-8-9-10-11-12-19-26(20-13-16-23(27)28,21-14-17-24(29)30)22-15-18-25(31)32/h2-3H,4-22H2,1H3,(H2-,27,28,29,30,31,32)/p+1/b3-2+. The van der Waals surface area contributed by atoms with Crippen molar-refractivity contribution in [3.63, 3.8) is 0 Å². The smallest absolute Gasteiger partial charge is 0.303 e. The van der Waals surface area contributed by atoms with Gasteiger partial charge in [-0.15, -0.1) is 0 Å². The Labute approximate surface area is 194 Å². The normalized spacial score (nSPS) is 11.8. The number of quaternary nitrogens is 1. The van der Waals surface area contributed by atoms with Gasteiger partial charge in [0.05, 0.1) is 45.4 Å². The van der Waals surface area contributed by atoms with E-state index in [-0.39, 0.29) is 19.3 Å². The van der Waals surface area contributed by atoms with E-state index in [1.54, 1.807) is 0 Å². The molecule has 0 radical (unpaired) electrons. The van der Waals surface area contributed by atoms with E-state index in [0.29, 0.717) is 43.4 Å². The lowest BCUT2D eigenvalue weighted by Gasteiger charge is -2.39. The second-order valence-corrected chi connectivity index (χ2v) is 8.91. The molecule has 7 nitrogen and oxygen atoms in total. The van der Waals surface area contributed by atoms with Crippen LogP contribution in [0.3, 0.4) is 0 Å². The number of allylic oxidation sites excluding steroid dienone is 2. The highest BCUT2D eigenvalue weighted by Gasteiger charge is 2.27. The quantitative estimate of drug-likeness (QED) is 0.107. The molecule has 0 atom stereocenters. The van der Waals surface area contributed by atoms with E-state index >= 15 is 0 Å². The molecule has 0 aromatic heterocycles. The zero-order valence-corrected chi connectivity index (χ0v) is 20.1. The molecule has 0 aliphatic rings. The highest BCUT2D eigenvalue weighted by atomic mass is 16.4. The number of carboxylic acids is 3. The second kappa shape index (κ2) is 19.8. The van der Waals surface area contributed by atoms with Gasteiger partial charge in [-0.1, -0.05) is 44.3 Å². The molecule has 0 spiro atoms. The van der Waals surface area contributed by atoms with Crippen LogP contribution in [-0.4, -0.2) is 63.9 Å². The van der Waals surface area contributed by atoms with Crippen LogP contribution in [0, 0.1) is 0 Å². The molecule has 0 aromatic rings. The predicted octanol–water partition coefficient (Wildman–Crippen LogP) is 5.48. The molecule has 0 heterocycles. The molecule has 186 valence electrons. The first kappa shape index (κ1) is 30.1. The third-order valence-corrected chi connectivity index (χ3v) is 6.06. The van der Waals surface area contributed by atoms with Crippen LogP contribution in [0.4, 0.5) is 0 Å². The lowest BCUT2D eigenvalue weighted by atomic mass is 10.1. The molecule has 0 amide bonds. The molecule has 0 saturated carbocycles. The summed E-state index contributed by atoms with van der Waals surface area (Å²) >= 11 is 0. The lowest BCUT2D eigenvalue weighted by Crippen LogP contribution is -2.51. The van der Waals surface area contributed by atoms with Crippen LogP contribution < -0.4 is 0 Å². The van der Waals surface area contributed by atoms with E-state index in [1.807, 2.05) is 0 Å². The number of aliphatic carboxylic acids is 3. The Morgan fingerprint density at radius 3 is 1.28 bits per heavy atom. The second-order valence-electron chi connectivity index (χ2n) is 8.91. The van der Waals surface area contributed by atoms with Gasteiger partial charge in [-0.3, -0.25) is 14.4 Å². The Bertz CT molecular complexity index is 496. The zero-order valence-electron chi connectivity index (χ0n) is 20.1. The Kier molecular flexibility index (Phi) is 18.6. The van der Waals surface area contributed by atoms with Gasteiger partial charge in [0.25, 0.3) is 0 Å². The summed E-state index contributed by atoms with van der Waals surface area (Å²) in [5, 5.41) is 27.1. The van der Waals surface area contributed by atoms with Gasteiger partial charge in [0.2, 0.25) is 0 Å². The molecule has 0 saturated heterocycles. The fourth-order valence-corrected chi connectivity index (χ4v) is 4.30. The number of carboxylic acid groups (broad SMARTS) is 3. The van der Waals surface area contributed by atoms with Gasteiger partial charge in [0.1, 0.15) is 0 Å². The molecule has 32 heavy (non-hydrogen) atoms. The van der Waals surface area contributed by atoms with E-state index < -0.39 is 17.9 Å². The van der Waals surface area contributed by atoms with Gasteiger partial charge in [-0.25, -0.2) is 0 Å². The van der Waals surface area contributed by atoms with Gasteiger partial charge in [0.15, 0.2) is 0 Å². The van der Waals surface area contributed by atoms with Crippen LogP contribution in [0.15, 0.2) is 12.2 Å². The SMILES string of the molecule is C/C=C/CCCCCCCCCC[N+](CCCC(=O)O)(CCCC(=O)O)CCCC(=O)O. The Morgan fingerprint density at radius 2 is 0.906 bits per heavy atom. The van der Waals surface area contributed by atoms with Crippen LogP contribution in [-0.2, 0) is 14.4 Å². The number of carbonyl (C=O) groups is 3. The lowest BCUT2D eigenvalue weighted by molar-refractivity contribution is -0.929. The largest absolute Gasteiger partial charge is 0.481 e. The summed E-state index contributed by atoms with van der Waals surface area (Å²) in [4.78, 5) is 33.0. The molecule has 0 rings (SSSR count). The van der Waals surface area contributed by atoms with E-state index in [4.69, 9.17) is 15.3 Å². The number of hydrogen-bond donors (Lipinski definition) is 3. The van der Waals surface area contributed by atoms with Crippen molar-refractivity contribution in [1.29, 1.82) is 0 Å². The van der Waals surface area contributed by atoms with Crippen LogP contribution in [0.5, 0.6) is 0 Å². The van der Waals surface area contributed by atoms with Gasteiger partial charge >= 0.3 is 17.9 Å². The van der Waals surface area contributed by atoms with Crippen molar-refractivity contribution in [2.45, 2.75) is 103 Å². The maximum Gasteiger partial charge on any atom is 0.303 e. The maximum atomic E-state index is 11.0. The molecular weight excluding hydrogens is 410 g/mol. The van der Waals surface area contributed by atoms with E-state index in [1.165, 1.54) is 44.9 Å². The fourth-order valence-electron chi connectivity index (χ4n) is 4.30. The molecule has 0 unspecified atom stereocenters. The van der Waals surface area contributed by atoms with Crippen molar-refractivity contribution in [1.82, 2.24) is 0 Å². The molecule has 0 fully saturated rings. The highest BCUT2D eigenvalue weighted by Crippen LogP contribution is 2.18. The maximum absolute atomic E-state index is 11.0. The van der Waals surface area contributed by atoms with Crippen molar-refractivity contribution < 1.29 is 34.2 Å². The minimum atomic E-state index is -0.829. The van der Waals surface area contributed by atoms with Gasteiger partial charge < -0.3 is 19.8 Å². The summed E-state index contributed by atoms with van der Waals surface area (Å²) in [7, 11) is 0. The van der Waals surface area contributed by atoms with Gasteiger partial charge in [-0.05, 0) is 32.6 Å². The summed E-state index contributed by atoms with van der Waals surface area (Å²) in [5.41, 5.74) is 0. The molecule has 0 aromatic carbocycles. The summed E-state index contributed by atoms with van der Waals surface area (Å²) in [6.45, 7) is 4.91. The topological polar surface area (TPSA) is 112 Å². The first-order chi connectivity index (χ1) is 15.3. The third kappa shape index (κ3) is 18.8. The Morgan fingerprint density at radius 1 is 0.562 bits per heavy atom. The number of unbranched alkanes of at least 4 members (excludes halogenated alkanes) is 8. The van der Waals surface area contributed by atoms with Crippen LogP contribution in [0.2, 0.25) is 0 Å². The molecule has 3 N–H and O–H groups in total. The fraction of sp³-hybridized carbons (Fsp3) is 0.800. The Balaban J connectivity index is 4.56. The summed E-state index contributed by atoms with van der Waals surface area (Å²) < 4.78 is 0.638. The highest BCUT2D eigenvalue weighted by molar-refractivity contribution is 5.67. The number of hydrogen-bond acceptors (Lipinski definition) is 3. The molecule has 0 aliphatic heterocycles. The summed E-state index contributed by atoms with van der Waals surface area (Å²) in [6.07, 6.45) is 16.9. The van der Waals surface area contributed by atoms with Crippen molar-refractivity contribution in [3.05, 3.63) is 12.2 Å². The minimum absolute atomic E-state index is 0.0892. The van der Waals surface area contributed by atoms with Crippen molar-refractivity contribution in [3.8, 4) is 0 Å². The van der Waals surface area contributed by atoms with Crippen molar-refractivity contribution in [2.75, 3.05) is 26.2 Å². The average molecular weight is 457 g/mol. The monoisotopic (exact) mass is 456 g/mol. The summed E-state index contributed by atoms with van der Waals surface area (Å²) in [6, 6.07) is 0. The van der Waals surface area contributed by atoms with E-state index in [0.717, 1.165) is 19.4 Å². The van der Waals surface area contributed by atoms with Crippen LogP contribution in [0.1, 0.15) is 103 Å². The van der Waals surface area contributed by atoms with Gasteiger partial charge in [-0.2, -0.15) is 0 Å². The molecule has 0 aliphatic carbocycles. The molecule has 7 heteroatoms. The number of nitrogens with zero attached hydrogens (tertiary/aromatic N) is 1. The van der Waals surface area contributed by atoms with E-state index in [2.05, 4.69) is 19.1 Å². The van der Waals surface area contributed by atoms with Crippen molar-refractivity contribution in [2.24, 2.45) is 0 Å². The predicted molar refractivity (Wildman–Crippen MR) is 127 cm³/mol. The minimum Gasteiger partial charge on any atom is -0.481 e. The zero-order chi connectivity index (χ0) is 24.1. The molecule has 0 bridgehead atoms. The summed E-state index contributed by atoms with van der Waals surface area (Å²) in [5.74, 6) is -2.49. The average Bonchev–Trinajstić information content (AvgIpc) is 2.71. The van der Waals surface area contributed by atoms with E-state index in [9.17, 15) is 14.4 Å². The van der Waals surface area contributed by atoms with Gasteiger partial charge in [0, 0.05) is 19.3 Å². The first-order valence-electron chi connectivity index (χ1n) is 12.4. The van der Waals surface area contributed by atoms with Crippen LogP contribution >= 0.6 is 0 Å².